The minimum atomic E-state index is -4.01. The van der Waals surface area contributed by atoms with Crippen molar-refractivity contribution >= 4 is 39.3 Å². The number of fused-ring (bicyclic) bond motifs is 1. The van der Waals surface area contributed by atoms with Crippen LogP contribution in [-0.2, 0) is 19.6 Å². The maximum atomic E-state index is 13.2. The quantitative estimate of drug-likeness (QED) is 0.533. The van der Waals surface area contributed by atoms with E-state index in [4.69, 9.17) is 0 Å². The second-order valence-corrected chi connectivity index (χ2v) is 9.47. The molecule has 0 fully saturated rings. The SMILES string of the molecule is COC(=O)c1ccc(NS(=O)(=O)c2cc(-c3c(C)nn4c3NC(=O)CCC4=O)ccc2C)cc1. The van der Waals surface area contributed by atoms with Gasteiger partial charge in [0.15, 0.2) is 0 Å². The van der Waals surface area contributed by atoms with Gasteiger partial charge in [-0.1, -0.05) is 12.1 Å². The minimum Gasteiger partial charge on any atom is -0.465 e. The molecule has 1 aliphatic rings. The van der Waals surface area contributed by atoms with E-state index in [0.717, 1.165) is 4.68 Å². The number of ether oxygens (including phenoxy) is 1. The Hall–Kier alpha value is -3.99. The number of aromatic nitrogens is 2. The van der Waals surface area contributed by atoms with Crippen molar-refractivity contribution in [3.05, 3.63) is 59.3 Å². The van der Waals surface area contributed by atoms with E-state index in [1.165, 1.54) is 37.4 Å². The standard InChI is InChI=1S/C23H22N4O6S/c1-13-4-5-16(21-14(2)25-27-20(29)11-10-19(28)24-22(21)27)12-18(13)34(31,32)26-17-8-6-15(7-9-17)23(30)33-3/h4-9,12,26H,10-11H2,1-3H3,(H,24,28). The Morgan fingerprint density at radius 1 is 1.09 bits per heavy atom. The number of nitrogens with one attached hydrogen (secondary N) is 2. The van der Waals surface area contributed by atoms with E-state index in [2.05, 4.69) is 19.9 Å². The molecular weight excluding hydrogens is 460 g/mol. The Bertz CT molecular complexity index is 1420. The fourth-order valence-corrected chi connectivity index (χ4v) is 5.07. The smallest absolute Gasteiger partial charge is 0.337 e. The van der Waals surface area contributed by atoms with Gasteiger partial charge in [-0.3, -0.25) is 14.3 Å². The van der Waals surface area contributed by atoms with E-state index >= 15 is 0 Å². The number of benzene rings is 2. The van der Waals surface area contributed by atoms with Crippen molar-refractivity contribution in [3.8, 4) is 11.1 Å². The van der Waals surface area contributed by atoms with E-state index in [-0.39, 0.29) is 46.6 Å². The zero-order chi connectivity index (χ0) is 24.6. The zero-order valence-corrected chi connectivity index (χ0v) is 19.5. The molecule has 0 saturated carbocycles. The summed E-state index contributed by atoms with van der Waals surface area (Å²) in [5.41, 5.74) is 2.49. The number of carbonyl (C=O) groups is 3. The van der Waals surface area contributed by atoms with E-state index in [0.29, 0.717) is 22.4 Å². The number of carbonyl (C=O) groups excluding carboxylic acids is 3. The zero-order valence-electron chi connectivity index (χ0n) is 18.7. The lowest BCUT2D eigenvalue weighted by Gasteiger charge is -2.13. The maximum absolute atomic E-state index is 13.2. The van der Waals surface area contributed by atoms with Gasteiger partial charge in [-0.05, 0) is 55.3 Å². The lowest BCUT2D eigenvalue weighted by Crippen LogP contribution is -2.15. The molecule has 1 aliphatic heterocycles. The summed E-state index contributed by atoms with van der Waals surface area (Å²) in [7, 11) is -2.75. The fourth-order valence-electron chi connectivity index (χ4n) is 3.74. The van der Waals surface area contributed by atoms with Crippen molar-refractivity contribution in [1.82, 2.24) is 9.78 Å². The summed E-state index contributed by atoms with van der Waals surface area (Å²) >= 11 is 0. The number of methoxy groups -OCH3 is 1. The largest absolute Gasteiger partial charge is 0.465 e. The Morgan fingerprint density at radius 2 is 1.79 bits per heavy atom. The highest BCUT2D eigenvalue weighted by atomic mass is 32.2. The molecule has 2 aromatic carbocycles. The van der Waals surface area contributed by atoms with Gasteiger partial charge in [0.2, 0.25) is 11.8 Å². The molecule has 10 nitrogen and oxygen atoms in total. The third-order valence-corrected chi connectivity index (χ3v) is 6.97. The number of aryl methyl sites for hydroxylation is 2. The normalized spacial score (nSPS) is 13.6. The first-order valence-electron chi connectivity index (χ1n) is 10.4. The first-order chi connectivity index (χ1) is 16.1. The Morgan fingerprint density at radius 3 is 2.47 bits per heavy atom. The molecule has 176 valence electrons. The number of anilines is 2. The lowest BCUT2D eigenvalue weighted by molar-refractivity contribution is -0.116. The molecule has 0 bridgehead atoms. The molecule has 0 unspecified atom stereocenters. The number of esters is 1. The number of sulfonamides is 1. The number of hydrogen-bond donors (Lipinski definition) is 2. The second-order valence-electron chi connectivity index (χ2n) is 7.82. The molecule has 11 heteroatoms. The first kappa shape index (κ1) is 23.2. The van der Waals surface area contributed by atoms with Gasteiger partial charge in [-0.25, -0.2) is 13.2 Å². The lowest BCUT2D eigenvalue weighted by atomic mass is 10.0. The molecular formula is C23H22N4O6S. The van der Waals surface area contributed by atoms with Gasteiger partial charge in [0.05, 0.1) is 23.3 Å². The summed E-state index contributed by atoms with van der Waals surface area (Å²) in [5.74, 6) is -0.937. The van der Waals surface area contributed by atoms with Crippen molar-refractivity contribution in [1.29, 1.82) is 0 Å². The Kier molecular flexibility index (Phi) is 5.96. The average molecular weight is 483 g/mol. The molecule has 1 aromatic heterocycles. The van der Waals surface area contributed by atoms with Crippen LogP contribution < -0.4 is 10.0 Å². The van der Waals surface area contributed by atoms with Crippen molar-refractivity contribution in [2.45, 2.75) is 31.6 Å². The first-order valence-corrected chi connectivity index (χ1v) is 11.8. The monoisotopic (exact) mass is 482 g/mol. The maximum Gasteiger partial charge on any atom is 0.337 e. The van der Waals surface area contributed by atoms with Crippen LogP contribution in [0.25, 0.3) is 11.1 Å². The van der Waals surface area contributed by atoms with Crippen LogP contribution in [0, 0.1) is 13.8 Å². The van der Waals surface area contributed by atoms with E-state index < -0.39 is 16.0 Å². The van der Waals surface area contributed by atoms with Gasteiger partial charge >= 0.3 is 5.97 Å². The molecule has 0 aliphatic carbocycles. The van der Waals surface area contributed by atoms with Gasteiger partial charge < -0.3 is 10.1 Å². The predicted octanol–water partition coefficient (Wildman–Crippen LogP) is 3.13. The highest BCUT2D eigenvalue weighted by Gasteiger charge is 2.27. The molecule has 0 spiro atoms. The topological polar surface area (TPSA) is 136 Å². The second kappa shape index (κ2) is 8.75. The molecule has 0 radical (unpaired) electrons. The van der Waals surface area contributed by atoms with Crippen LogP contribution in [0.1, 0.15) is 39.3 Å². The molecule has 0 saturated heterocycles. The summed E-state index contributed by atoms with van der Waals surface area (Å²) in [6.45, 7) is 3.35. The van der Waals surface area contributed by atoms with Crippen molar-refractivity contribution < 1.29 is 27.5 Å². The number of rotatable bonds is 5. The van der Waals surface area contributed by atoms with E-state index in [1.54, 1.807) is 26.0 Å². The molecule has 1 amide bonds. The van der Waals surface area contributed by atoms with E-state index in [9.17, 15) is 22.8 Å². The van der Waals surface area contributed by atoms with E-state index in [1.807, 2.05) is 0 Å². The number of hydrogen-bond acceptors (Lipinski definition) is 7. The summed E-state index contributed by atoms with van der Waals surface area (Å²) in [5, 5.41) is 6.97. The highest BCUT2D eigenvalue weighted by molar-refractivity contribution is 7.92. The van der Waals surface area contributed by atoms with Gasteiger partial charge in [0, 0.05) is 24.1 Å². The Balaban J connectivity index is 1.73. The fraction of sp³-hybridized carbons (Fsp3) is 0.217. The van der Waals surface area contributed by atoms with Crippen molar-refractivity contribution in [2.24, 2.45) is 0 Å². The van der Waals surface area contributed by atoms with Gasteiger partial charge in [-0.15, -0.1) is 0 Å². The summed E-state index contributed by atoms with van der Waals surface area (Å²) in [6, 6.07) is 10.7. The van der Waals surface area contributed by atoms with Gasteiger partial charge in [0.25, 0.3) is 10.0 Å². The molecule has 34 heavy (non-hydrogen) atoms. The van der Waals surface area contributed by atoms with Crippen molar-refractivity contribution in [3.63, 3.8) is 0 Å². The summed E-state index contributed by atoms with van der Waals surface area (Å²) in [6.07, 6.45) is 0.0818. The van der Waals surface area contributed by atoms with Crippen LogP contribution in [0.2, 0.25) is 0 Å². The van der Waals surface area contributed by atoms with Crippen LogP contribution in [0.15, 0.2) is 47.4 Å². The molecule has 2 N–H and O–H groups in total. The molecule has 0 atom stereocenters. The third-order valence-electron chi connectivity index (χ3n) is 5.44. The van der Waals surface area contributed by atoms with Crippen LogP contribution in [0.3, 0.4) is 0 Å². The van der Waals surface area contributed by atoms with Gasteiger partial charge in [0.1, 0.15) is 5.82 Å². The van der Waals surface area contributed by atoms with Crippen molar-refractivity contribution in [2.75, 3.05) is 17.1 Å². The molecule has 3 aromatic rings. The number of nitrogens with zero attached hydrogens (tertiary/aromatic N) is 2. The molecule has 4 rings (SSSR count). The molecule has 2 heterocycles. The average Bonchev–Trinajstić information content (AvgIpc) is 3.05. The minimum absolute atomic E-state index is 0.0210. The third kappa shape index (κ3) is 4.29. The highest BCUT2D eigenvalue weighted by Crippen LogP contribution is 2.35. The van der Waals surface area contributed by atoms with Crippen LogP contribution >= 0.6 is 0 Å². The summed E-state index contributed by atoms with van der Waals surface area (Å²) < 4.78 is 34.7. The van der Waals surface area contributed by atoms with Crippen LogP contribution in [-0.4, -0.2) is 43.1 Å². The predicted molar refractivity (Wildman–Crippen MR) is 124 cm³/mol. The number of amides is 1. The van der Waals surface area contributed by atoms with Crippen LogP contribution in [0.5, 0.6) is 0 Å². The Labute approximate surface area is 196 Å². The van der Waals surface area contributed by atoms with Gasteiger partial charge in [-0.2, -0.15) is 9.78 Å². The van der Waals surface area contributed by atoms with Crippen LogP contribution in [0.4, 0.5) is 11.5 Å². The summed E-state index contributed by atoms with van der Waals surface area (Å²) in [4.78, 5) is 36.1.